The highest BCUT2D eigenvalue weighted by Gasteiger charge is 2.20. The van der Waals surface area contributed by atoms with E-state index in [2.05, 4.69) is 10.3 Å². The Balaban J connectivity index is 2.08. The molecule has 2 rings (SSSR count). The molecular formula is C13H18N2O3. The fourth-order valence-electron chi connectivity index (χ4n) is 1.93. The fourth-order valence-corrected chi connectivity index (χ4v) is 1.93. The summed E-state index contributed by atoms with van der Waals surface area (Å²) < 4.78 is 10.8. The molecule has 1 atom stereocenters. The van der Waals surface area contributed by atoms with Gasteiger partial charge in [0.15, 0.2) is 0 Å². The Morgan fingerprint density at radius 1 is 1.61 bits per heavy atom. The highest BCUT2D eigenvalue weighted by Crippen LogP contribution is 2.19. The van der Waals surface area contributed by atoms with Crippen LogP contribution in [0.1, 0.15) is 30.1 Å². The van der Waals surface area contributed by atoms with Gasteiger partial charge in [0.25, 0.3) is 0 Å². The summed E-state index contributed by atoms with van der Waals surface area (Å²) in [5.41, 5.74) is 0.393. The molecule has 0 bridgehead atoms. The lowest BCUT2D eigenvalue weighted by molar-refractivity contribution is 0.0515. The number of pyridine rings is 1. The number of piperidine rings is 1. The summed E-state index contributed by atoms with van der Waals surface area (Å²) in [6.07, 6.45) is 3.74. The highest BCUT2D eigenvalue weighted by molar-refractivity contribution is 5.91. The van der Waals surface area contributed by atoms with E-state index in [4.69, 9.17) is 9.47 Å². The number of ether oxygens (including phenoxy) is 2. The monoisotopic (exact) mass is 250 g/mol. The van der Waals surface area contributed by atoms with Crippen molar-refractivity contribution < 1.29 is 14.3 Å². The SMILES string of the molecule is CCOC(=O)c1cccnc1O[C@H]1CCCNC1. The van der Waals surface area contributed by atoms with Gasteiger partial charge in [-0.05, 0) is 38.4 Å². The molecule has 1 aromatic rings. The minimum atomic E-state index is -0.385. The van der Waals surface area contributed by atoms with Gasteiger partial charge in [0.05, 0.1) is 6.61 Å². The molecule has 18 heavy (non-hydrogen) atoms. The molecule has 5 nitrogen and oxygen atoms in total. The number of nitrogens with one attached hydrogen (secondary N) is 1. The summed E-state index contributed by atoms with van der Waals surface area (Å²) >= 11 is 0. The van der Waals surface area contributed by atoms with Crippen LogP contribution in [0.15, 0.2) is 18.3 Å². The normalized spacial score (nSPS) is 19.3. The molecule has 1 fully saturated rings. The van der Waals surface area contributed by atoms with E-state index in [-0.39, 0.29) is 12.1 Å². The molecule has 1 saturated heterocycles. The summed E-state index contributed by atoms with van der Waals surface area (Å²) in [4.78, 5) is 15.9. The third-order valence-corrected chi connectivity index (χ3v) is 2.80. The van der Waals surface area contributed by atoms with Crippen LogP contribution in [0.3, 0.4) is 0 Å². The summed E-state index contributed by atoms with van der Waals surface area (Å²) in [5, 5.41) is 3.26. The highest BCUT2D eigenvalue weighted by atomic mass is 16.5. The van der Waals surface area contributed by atoms with Crippen molar-refractivity contribution in [1.82, 2.24) is 10.3 Å². The lowest BCUT2D eigenvalue weighted by atomic mass is 10.1. The van der Waals surface area contributed by atoms with Gasteiger partial charge < -0.3 is 14.8 Å². The quantitative estimate of drug-likeness (QED) is 0.818. The molecule has 1 aliphatic heterocycles. The lowest BCUT2D eigenvalue weighted by Crippen LogP contribution is -2.37. The van der Waals surface area contributed by atoms with Crippen LogP contribution in [0.5, 0.6) is 5.88 Å². The molecular weight excluding hydrogens is 232 g/mol. The van der Waals surface area contributed by atoms with Crippen molar-refractivity contribution in [3.8, 4) is 5.88 Å². The number of nitrogens with zero attached hydrogens (tertiary/aromatic N) is 1. The molecule has 1 aromatic heterocycles. The van der Waals surface area contributed by atoms with Gasteiger partial charge in [-0.25, -0.2) is 9.78 Å². The average molecular weight is 250 g/mol. The standard InChI is InChI=1S/C13H18N2O3/c1-2-17-13(16)11-6-4-8-15-12(11)18-10-5-3-7-14-9-10/h4,6,8,10,14H,2-3,5,7,9H2,1H3/t10-/m0/s1. The number of aromatic nitrogens is 1. The smallest absolute Gasteiger partial charge is 0.343 e. The Morgan fingerprint density at radius 3 is 3.22 bits per heavy atom. The van der Waals surface area contributed by atoms with Crippen molar-refractivity contribution in [3.63, 3.8) is 0 Å². The molecule has 98 valence electrons. The lowest BCUT2D eigenvalue weighted by Gasteiger charge is -2.24. The van der Waals surface area contributed by atoms with E-state index in [0.29, 0.717) is 18.1 Å². The van der Waals surface area contributed by atoms with E-state index in [0.717, 1.165) is 25.9 Å². The van der Waals surface area contributed by atoms with Crippen LogP contribution >= 0.6 is 0 Å². The maximum atomic E-state index is 11.7. The molecule has 0 unspecified atom stereocenters. The molecule has 2 heterocycles. The van der Waals surface area contributed by atoms with Crippen LogP contribution < -0.4 is 10.1 Å². The Hall–Kier alpha value is -1.62. The predicted octanol–water partition coefficient (Wildman–Crippen LogP) is 1.39. The zero-order chi connectivity index (χ0) is 12.8. The van der Waals surface area contributed by atoms with Gasteiger partial charge in [0.2, 0.25) is 5.88 Å². The van der Waals surface area contributed by atoms with Crippen molar-refractivity contribution in [2.45, 2.75) is 25.9 Å². The van der Waals surface area contributed by atoms with Crippen LogP contribution in [0.2, 0.25) is 0 Å². The van der Waals surface area contributed by atoms with Crippen LogP contribution in [0.4, 0.5) is 0 Å². The minimum Gasteiger partial charge on any atom is -0.472 e. The van der Waals surface area contributed by atoms with Gasteiger partial charge >= 0.3 is 5.97 Å². The second-order valence-corrected chi connectivity index (χ2v) is 4.16. The fraction of sp³-hybridized carbons (Fsp3) is 0.538. The van der Waals surface area contributed by atoms with E-state index < -0.39 is 0 Å². The predicted molar refractivity (Wildman–Crippen MR) is 66.7 cm³/mol. The van der Waals surface area contributed by atoms with E-state index in [9.17, 15) is 4.79 Å². The van der Waals surface area contributed by atoms with Gasteiger partial charge in [-0.15, -0.1) is 0 Å². The van der Waals surface area contributed by atoms with Crippen molar-refractivity contribution in [2.24, 2.45) is 0 Å². The van der Waals surface area contributed by atoms with Crippen molar-refractivity contribution in [1.29, 1.82) is 0 Å². The molecule has 1 N–H and O–H groups in total. The molecule has 0 radical (unpaired) electrons. The van der Waals surface area contributed by atoms with Crippen molar-refractivity contribution in [2.75, 3.05) is 19.7 Å². The zero-order valence-electron chi connectivity index (χ0n) is 10.5. The molecule has 0 amide bonds. The van der Waals surface area contributed by atoms with Gasteiger partial charge in [0, 0.05) is 12.7 Å². The molecule has 0 saturated carbocycles. The Kier molecular flexibility index (Phi) is 4.52. The Bertz CT molecular complexity index is 403. The van der Waals surface area contributed by atoms with Gasteiger partial charge in [-0.1, -0.05) is 0 Å². The molecule has 0 spiro atoms. The number of rotatable bonds is 4. The van der Waals surface area contributed by atoms with E-state index in [1.807, 2.05) is 0 Å². The number of carbonyl (C=O) groups excluding carboxylic acids is 1. The third kappa shape index (κ3) is 3.20. The molecule has 0 aromatic carbocycles. The second kappa shape index (κ2) is 6.35. The number of hydrogen-bond acceptors (Lipinski definition) is 5. The van der Waals surface area contributed by atoms with Crippen LogP contribution in [0, 0.1) is 0 Å². The van der Waals surface area contributed by atoms with Crippen LogP contribution in [0.25, 0.3) is 0 Å². The maximum Gasteiger partial charge on any atom is 0.343 e. The first-order valence-corrected chi connectivity index (χ1v) is 6.30. The first-order chi connectivity index (χ1) is 8.81. The van der Waals surface area contributed by atoms with Gasteiger partial charge in [0.1, 0.15) is 11.7 Å². The summed E-state index contributed by atoms with van der Waals surface area (Å²) in [7, 11) is 0. The van der Waals surface area contributed by atoms with Crippen molar-refractivity contribution in [3.05, 3.63) is 23.9 Å². The number of hydrogen-bond donors (Lipinski definition) is 1. The first kappa shape index (κ1) is 12.8. The van der Waals surface area contributed by atoms with E-state index in [1.165, 1.54) is 0 Å². The second-order valence-electron chi connectivity index (χ2n) is 4.16. The zero-order valence-corrected chi connectivity index (χ0v) is 10.5. The molecule has 5 heteroatoms. The summed E-state index contributed by atoms with van der Waals surface area (Å²) in [5.74, 6) is -0.0194. The third-order valence-electron chi connectivity index (χ3n) is 2.80. The first-order valence-electron chi connectivity index (χ1n) is 6.30. The minimum absolute atomic E-state index is 0.0711. The Morgan fingerprint density at radius 2 is 2.50 bits per heavy atom. The number of carbonyl (C=O) groups is 1. The van der Waals surface area contributed by atoms with Crippen LogP contribution in [-0.2, 0) is 4.74 Å². The Labute approximate surface area is 107 Å². The topological polar surface area (TPSA) is 60.5 Å². The number of esters is 1. The summed E-state index contributed by atoms with van der Waals surface area (Å²) in [6, 6.07) is 3.38. The van der Waals surface area contributed by atoms with E-state index >= 15 is 0 Å². The molecule has 0 aliphatic carbocycles. The largest absolute Gasteiger partial charge is 0.472 e. The molecule has 1 aliphatic rings. The van der Waals surface area contributed by atoms with Gasteiger partial charge in [-0.3, -0.25) is 0 Å². The summed E-state index contributed by atoms with van der Waals surface area (Å²) in [6.45, 7) is 3.93. The maximum absolute atomic E-state index is 11.7. The van der Waals surface area contributed by atoms with Gasteiger partial charge in [-0.2, -0.15) is 0 Å². The van der Waals surface area contributed by atoms with Crippen LogP contribution in [-0.4, -0.2) is 36.8 Å². The van der Waals surface area contributed by atoms with Crippen molar-refractivity contribution >= 4 is 5.97 Å². The average Bonchev–Trinajstić information content (AvgIpc) is 2.41. The van der Waals surface area contributed by atoms with E-state index in [1.54, 1.807) is 25.3 Å².